The first-order valence-electron chi connectivity index (χ1n) is 14.9. The fourth-order valence-electron chi connectivity index (χ4n) is 4.81. The number of rotatable bonds is 18. The van der Waals surface area contributed by atoms with Gasteiger partial charge in [0.25, 0.3) is 0 Å². The quantitative estimate of drug-likeness (QED) is 0.0409. The van der Waals surface area contributed by atoms with Gasteiger partial charge in [-0.15, -0.1) is 0 Å². The molecule has 0 spiro atoms. The molecule has 0 fully saturated rings. The molecule has 16 nitrogen and oxygen atoms in total. The van der Waals surface area contributed by atoms with Crippen LogP contribution in [0.5, 0.6) is 0 Å². The molecule has 0 saturated heterocycles. The van der Waals surface area contributed by atoms with E-state index in [4.69, 9.17) is 17.2 Å². The summed E-state index contributed by atoms with van der Waals surface area (Å²) < 4.78 is 0. The van der Waals surface area contributed by atoms with Gasteiger partial charge >= 0.3 is 5.97 Å². The molecule has 0 aliphatic rings. The van der Waals surface area contributed by atoms with Crippen LogP contribution in [0.4, 0.5) is 0 Å². The zero-order chi connectivity index (χ0) is 34.3. The summed E-state index contributed by atoms with van der Waals surface area (Å²) in [7, 11) is 0. The summed E-state index contributed by atoms with van der Waals surface area (Å²) in [5, 5.41) is 30.3. The first kappa shape index (κ1) is 36.0. The van der Waals surface area contributed by atoms with Gasteiger partial charge in [-0.1, -0.05) is 48.5 Å². The van der Waals surface area contributed by atoms with Crippen molar-refractivity contribution in [2.24, 2.45) is 22.2 Å². The zero-order valence-corrected chi connectivity index (χ0v) is 25.6. The van der Waals surface area contributed by atoms with E-state index in [9.17, 15) is 34.2 Å². The van der Waals surface area contributed by atoms with Crippen LogP contribution >= 0.6 is 0 Å². The zero-order valence-electron chi connectivity index (χ0n) is 25.6. The summed E-state index contributed by atoms with van der Waals surface area (Å²) in [5.74, 6) is -4.51. The normalized spacial score (nSPS) is 13.4. The number of hydrogen-bond donors (Lipinski definition) is 10. The predicted molar refractivity (Wildman–Crippen MR) is 174 cm³/mol. The van der Waals surface area contributed by atoms with Gasteiger partial charge in [-0.3, -0.25) is 24.2 Å². The SMILES string of the molecule is NCC(=O)N[C@@H](CO)C(=O)N[C@H](Cc1c[nH]c2ccccc12)C(=O)N[C@H](Cc1ccccc1)C(=O)N[C@@H](CCCN=C(N)N)C(=O)O. The molecule has 2 aromatic carbocycles. The van der Waals surface area contributed by atoms with E-state index < -0.39 is 66.9 Å². The van der Waals surface area contributed by atoms with E-state index in [1.807, 2.05) is 24.3 Å². The van der Waals surface area contributed by atoms with Crippen LogP contribution in [-0.4, -0.2) is 94.6 Å². The van der Waals surface area contributed by atoms with E-state index in [2.05, 4.69) is 31.2 Å². The molecule has 0 saturated carbocycles. The van der Waals surface area contributed by atoms with Crippen molar-refractivity contribution >= 4 is 46.5 Å². The molecule has 0 unspecified atom stereocenters. The summed E-state index contributed by atoms with van der Waals surface area (Å²) in [6.07, 6.45) is 1.92. The number of carboxylic acid groups (broad SMARTS) is 1. The standard InChI is InChI=1S/C31H41N9O7/c32-15-26(42)37-25(17-41)29(45)40-24(14-19-16-36-21-10-5-4-9-20(19)21)28(44)39-23(13-18-7-2-1-3-8-18)27(43)38-22(30(46)47)11-6-12-35-31(33)34/h1-5,7-10,16,22-25,36,41H,6,11-15,17,32H2,(H,37,42)(H,38,43)(H,39,44)(H,40,45)(H,46,47)(H4,33,34,35)/t22-,23+,24+,25-/m0/s1. The van der Waals surface area contributed by atoms with Gasteiger partial charge in [0.15, 0.2) is 5.96 Å². The number of guanidine groups is 1. The lowest BCUT2D eigenvalue weighted by molar-refractivity contribution is -0.142. The lowest BCUT2D eigenvalue weighted by Gasteiger charge is -2.26. The third-order valence-electron chi connectivity index (χ3n) is 7.23. The Bertz CT molecular complexity index is 1560. The second-order valence-electron chi connectivity index (χ2n) is 10.7. The molecule has 4 amide bonds. The smallest absolute Gasteiger partial charge is 0.326 e. The Labute approximate surface area is 270 Å². The van der Waals surface area contributed by atoms with Gasteiger partial charge in [0.2, 0.25) is 23.6 Å². The molecule has 3 rings (SSSR count). The molecule has 1 heterocycles. The van der Waals surface area contributed by atoms with Gasteiger partial charge in [-0.2, -0.15) is 0 Å². The van der Waals surface area contributed by atoms with Crippen LogP contribution in [-0.2, 0) is 36.8 Å². The van der Waals surface area contributed by atoms with E-state index in [1.165, 1.54) is 0 Å². The number of para-hydroxylation sites is 1. The molecule has 13 N–H and O–H groups in total. The number of aliphatic carboxylic acids is 1. The first-order valence-corrected chi connectivity index (χ1v) is 14.9. The molecule has 0 bridgehead atoms. The number of aliphatic hydroxyl groups excluding tert-OH is 1. The first-order chi connectivity index (χ1) is 22.5. The summed E-state index contributed by atoms with van der Waals surface area (Å²) in [5.41, 5.74) is 18.1. The molecule has 3 aromatic rings. The average Bonchev–Trinajstić information content (AvgIpc) is 3.46. The number of aliphatic hydroxyl groups is 1. The number of carbonyl (C=O) groups excluding carboxylic acids is 4. The Kier molecular flexibility index (Phi) is 13.7. The largest absolute Gasteiger partial charge is 0.480 e. The summed E-state index contributed by atoms with van der Waals surface area (Å²) >= 11 is 0. The lowest BCUT2D eigenvalue weighted by Crippen LogP contribution is -2.59. The van der Waals surface area contributed by atoms with Crippen LogP contribution in [0.25, 0.3) is 10.9 Å². The molecular formula is C31H41N9O7. The number of nitrogens with two attached hydrogens (primary N) is 3. The molecular weight excluding hydrogens is 610 g/mol. The number of nitrogens with zero attached hydrogens (tertiary/aromatic N) is 1. The van der Waals surface area contributed by atoms with E-state index in [0.717, 1.165) is 10.9 Å². The van der Waals surface area contributed by atoms with Crippen molar-refractivity contribution in [1.29, 1.82) is 0 Å². The maximum absolute atomic E-state index is 13.9. The minimum absolute atomic E-state index is 0.00166. The second-order valence-corrected chi connectivity index (χ2v) is 10.7. The Hall–Kier alpha value is -5.48. The van der Waals surface area contributed by atoms with Crippen LogP contribution in [0.3, 0.4) is 0 Å². The molecule has 0 radical (unpaired) electrons. The van der Waals surface area contributed by atoms with Crippen molar-refractivity contribution in [1.82, 2.24) is 26.3 Å². The Morgan fingerprint density at radius 1 is 0.787 bits per heavy atom. The number of aliphatic imine (C=N–C) groups is 1. The molecule has 0 aliphatic carbocycles. The third kappa shape index (κ3) is 11.1. The number of nitrogens with one attached hydrogen (secondary N) is 5. The van der Waals surface area contributed by atoms with Gasteiger partial charge in [-0.25, -0.2) is 4.79 Å². The van der Waals surface area contributed by atoms with Crippen molar-refractivity contribution in [2.75, 3.05) is 19.7 Å². The number of carboxylic acids is 1. The van der Waals surface area contributed by atoms with Crippen molar-refractivity contribution in [2.45, 2.75) is 49.9 Å². The van der Waals surface area contributed by atoms with E-state index in [1.54, 1.807) is 36.5 Å². The minimum atomic E-state index is -1.40. The summed E-state index contributed by atoms with van der Waals surface area (Å²) in [6, 6.07) is 10.8. The van der Waals surface area contributed by atoms with Gasteiger partial charge in [0.05, 0.1) is 13.2 Å². The molecule has 252 valence electrons. The third-order valence-corrected chi connectivity index (χ3v) is 7.23. The van der Waals surface area contributed by atoms with Crippen LogP contribution < -0.4 is 38.5 Å². The molecule has 1 aromatic heterocycles. The van der Waals surface area contributed by atoms with Gasteiger partial charge in [0.1, 0.15) is 24.2 Å². The maximum Gasteiger partial charge on any atom is 0.326 e. The van der Waals surface area contributed by atoms with Gasteiger partial charge < -0.3 is 53.7 Å². The Morgan fingerprint density at radius 3 is 2.00 bits per heavy atom. The maximum atomic E-state index is 13.9. The van der Waals surface area contributed by atoms with E-state index >= 15 is 0 Å². The van der Waals surface area contributed by atoms with Crippen molar-refractivity contribution < 1.29 is 34.2 Å². The number of benzene rings is 2. The monoisotopic (exact) mass is 651 g/mol. The molecule has 4 atom stereocenters. The number of fused-ring (bicyclic) bond motifs is 1. The lowest BCUT2D eigenvalue weighted by atomic mass is 10.0. The minimum Gasteiger partial charge on any atom is -0.480 e. The second kappa shape index (κ2) is 17.9. The van der Waals surface area contributed by atoms with Gasteiger partial charge in [0, 0.05) is 36.5 Å². The fraction of sp³-hybridized carbons (Fsp3) is 0.355. The van der Waals surface area contributed by atoms with Gasteiger partial charge in [-0.05, 0) is 30.0 Å². The topological polar surface area (TPSA) is 280 Å². The number of aromatic amines is 1. The number of amides is 4. The Balaban J connectivity index is 1.88. The number of aromatic nitrogens is 1. The van der Waals surface area contributed by atoms with Crippen molar-refractivity contribution in [3.63, 3.8) is 0 Å². The predicted octanol–water partition coefficient (Wildman–Crippen LogP) is -2.02. The highest BCUT2D eigenvalue weighted by atomic mass is 16.4. The number of hydrogen-bond acceptors (Lipinski definition) is 8. The average molecular weight is 652 g/mol. The van der Waals surface area contributed by atoms with Crippen molar-refractivity contribution in [3.8, 4) is 0 Å². The highest BCUT2D eigenvalue weighted by molar-refractivity contribution is 5.96. The van der Waals surface area contributed by atoms with Crippen LogP contribution in [0, 0.1) is 0 Å². The number of carbonyl (C=O) groups is 5. The summed E-state index contributed by atoms with van der Waals surface area (Å²) in [6.45, 7) is -1.04. The van der Waals surface area contributed by atoms with Crippen LogP contribution in [0.2, 0.25) is 0 Å². The van der Waals surface area contributed by atoms with Crippen LogP contribution in [0.15, 0.2) is 65.8 Å². The Morgan fingerprint density at radius 2 is 1.38 bits per heavy atom. The highest BCUT2D eigenvalue weighted by Crippen LogP contribution is 2.19. The highest BCUT2D eigenvalue weighted by Gasteiger charge is 2.32. The number of H-pyrrole nitrogens is 1. The molecule has 47 heavy (non-hydrogen) atoms. The van der Waals surface area contributed by atoms with Crippen LogP contribution in [0.1, 0.15) is 24.0 Å². The summed E-state index contributed by atoms with van der Waals surface area (Å²) in [4.78, 5) is 71.3. The van der Waals surface area contributed by atoms with Crippen molar-refractivity contribution in [3.05, 3.63) is 71.9 Å². The fourth-order valence-corrected chi connectivity index (χ4v) is 4.81. The molecule has 0 aliphatic heterocycles. The van der Waals surface area contributed by atoms with E-state index in [-0.39, 0.29) is 38.2 Å². The molecule has 16 heteroatoms. The van der Waals surface area contributed by atoms with E-state index in [0.29, 0.717) is 11.1 Å².